The smallest absolute Gasteiger partial charge is 0.336 e. The van der Waals surface area contributed by atoms with Crippen LogP contribution in [0.2, 0.25) is 5.02 Å². The molecule has 0 unspecified atom stereocenters. The third kappa shape index (κ3) is 3.75. The number of carbonyl (C=O) groups excluding carboxylic acids is 1. The molecule has 0 spiro atoms. The summed E-state index contributed by atoms with van der Waals surface area (Å²) in [5.74, 6) is 1.09. The SMILES string of the molecule is Cc1cc(=O)oc2cc(OCC(=O)Nc3ccc4c(c3)OCCO4)c(Cl)cc12. The van der Waals surface area contributed by atoms with E-state index in [1.54, 1.807) is 31.2 Å². The number of amides is 1. The van der Waals surface area contributed by atoms with E-state index < -0.39 is 5.63 Å². The van der Waals surface area contributed by atoms with Crippen molar-refractivity contribution in [1.29, 1.82) is 0 Å². The van der Waals surface area contributed by atoms with E-state index >= 15 is 0 Å². The average molecular weight is 402 g/mol. The molecule has 0 saturated heterocycles. The molecule has 0 radical (unpaired) electrons. The summed E-state index contributed by atoms with van der Waals surface area (Å²) in [6, 6.07) is 9.67. The Bertz CT molecular complexity index is 1120. The van der Waals surface area contributed by atoms with Gasteiger partial charge in [-0.15, -0.1) is 0 Å². The molecule has 0 fully saturated rings. The average Bonchev–Trinajstić information content (AvgIpc) is 2.67. The van der Waals surface area contributed by atoms with Gasteiger partial charge in [0.25, 0.3) is 5.91 Å². The van der Waals surface area contributed by atoms with Gasteiger partial charge in [-0.2, -0.15) is 0 Å². The van der Waals surface area contributed by atoms with Crippen LogP contribution in [0, 0.1) is 6.92 Å². The van der Waals surface area contributed by atoms with Crippen LogP contribution in [0.25, 0.3) is 11.0 Å². The van der Waals surface area contributed by atoms with E-state index in [-0.39, 0.29) is 18.3 Å². The number of hydrogen-bond acceptors (Lipinski definition) is 6. The van der Waals surface area contributed by atoms with Crippen LogP contribution in [0.4, 0.5) is 5.69 Å². The molecule has 8 heteroatoms. The Morgan fingerprint density at radius 3 is 2.75 bits per heavy atom. The van der Waals surface area contributed by atoms with E-state index in [2.05, 4.69) is 5.32 Å². The Labute approximate surface area is 164 Å². The molecule has 2 heterocycles. The number of aryl methyl sites for hydroxylation is 1. The lowest BCUT2D eigenvalue weighted by Crippen LogP contribution is -2.21. The van der Waals surface area contributed by atoms with Crippen LogP contribution in [0.5, 0.6) is 17.2 Å². The normalized spacial score (nSPS) is 12.6. The van der Waals surface area contributed by atoms with Crippen molar-refractivity contribution in [3.8, 4) is 17.2 Å². The number of nitrogens with one attached hydrogen (secondary N) is 1. The molecule has 1 aromatic heterocycles. The van der Waals surface area contributed by atoms with Crippen molar-refractivity contribution in [2.24, 2.45) is 0 Å². The maximum Gasteiger partial charge on any atom is 0.336 e. The predicted molar refractivity (Wildman–Crippen MR) is 104 cm³/mol. The van der Waals surface area contributed by atoms with Gasteiger partial charge in [0, 0.05) is 29.3 Å². The second-order valence-electron chi connectivity index (χ2n) is 6.22. The largest absolute Gasteiger partial charge is 0.486 e. The molecular weight excluding hydrogens is 386 g/mol. The van der Waals surface area contributed by atoms with Gasteiger partial charge in [-0.1, -0.05) is 11.6 Å². The van der Waals surface area contributed by atoms with E-state index in [1.165, 1.54) is 12.1 Å². The van der Waals surface area contributed by atoms with Crippen LogP contribution in [-0.2, 0) is 4.79 Å². The number of benzene rings is 2. The van der Waals surface area contributed by atoms with Gasteiger partial charge in [0.2, 0.25) is 0 Å². The Morgan fingerprint density at radius 1 is 1.14 bits per heavy atom. The fraction of sp³-hybridized carbons (Fsp3) is 0.200. The minimum absolute atomic E-state index is 0.250. The Balaban J connectivity index is 1.46. The van der Waals surface area contributed by atoms with Gasteiger partial charge >= 0.3 is 5.63 Å². The van der Waals surface area contributed by atoms with Gasteiger partial charge in [0.05, 0.1) is 5.02 Å². The lowest BCUT2D eigenvalue weighted by atomic mass is 10.1. The Kier molecular flexibility index (Phi) is 4.83. The van der Waals surface area contributed by atoms with Crippen molar-refractivity contribution in [2.75, 3.05) is 25.1 Å². The number of carbonyl (C=O) groups is 1. The van der Waals surface area contributed by atoms with Crippen LogP contribution >= 0.6 is 11.6 Å². The monoisotopic (exact) mass is 401 g/mol. The fourth-order valence-corrected chi connectivity index (χ4v) is 3.11. The molecule has 2 aromatic carbocycles. The number of hydrogen-bond donors (Lipinski definition) is 1. The highest BCUT2D eigenvalue weighted by atomic mass is 35.5. The lowest BCUT2D eigenvalue weighted by molar-refractivity contribution is -0.118. The summed E-state index contributed by atoms with van der Waals surface area (Å²) in [5.41, 5.74) is 1.19. The zero-order chi connectivity index (χ0) is 19.7. The number of ether oxygens (including phenoxy) is 3. The van der Waals surface area contributed by atoms with Crippen LogP contribution in [0.1, 0.15) is 5.56 Å². The highest BCUT2D eigenvalue weighted by molar-refractivity contribution is 6.32. The van der Waals surface area contributed by atoms with Crippen LogP contribution in [-0.4, -0.2) is 25.7 Å². The summed E-state index contributed by atoms with van der Waals surface area (Å²) >= 11 is 6.23. The topological polar surface area (TPSA) is 87.0 Å². The van der Waals surface area contributed by atoms with Gasteiger partial charge in [-0.05, 0) is 30.7 Å². The zero-order valence-electron chi connectivity index (χ0n) is 14.9. The molecule has 1 aliphatic heterocycles. The molecule has 1 amide bonds. The third-order valence-electron chi connectivity index (χ3n) is 4.19. The molecule has 1 aliphatic rings. The van der Waals surface area contributed by atoms with Gasteiger partial charge in [0.1, 0.15) is 24.5 Å². The number of halogens is 1. The molecule has 0 atom stereocenters. The number of fused-ring (bicyclic) bond motifs is 2. The van der Waals surface area contributed by atoms with Crippen LogP contribution in [0.15, 0.2) is 45.6 Å². The molecule has 0 saturated carbocycles. The van der Waals surface area contributed by atoms with Crippen molar-refractivity contribution >= 4 is 34.2 Å². The van der Waals surface area contributed by atoms with Crippen molar-refractivity contribution < 1.29 is 23.4 Å². The van der Waals surface area contributed by atoms with Crippen molar-refractivity contribution in [3.05, 3.63) is 57.4 Å². The Hall–Kier alpha value is -3.19. The van der Waals surface area contributed by atoms with Gasteiger partial charge in [-0.3, -0.25) is 4.79 Å². The zero-order valence-corrected chi connectivity index (χ0v) is 15.7. The standard InChI is InChI=1S/C20H16ClNO6/c1-11-6-20(24)28-16-9-17(14(21)8-13(11)16)27-10-19(23)22-12-2-3-15-18(7-12)26-5-4-25-15/h2-3,6-9H,4-5,10H2,1H3,(H,22,23). The summed E-state index contributed by atoms with van der Waals surface area (Å²) in [5, 5.41) is 3.74. The summed E-state index contributed by atoms with van der Waals surface area (Å²) in [6.07, 6.45) is 0. The highest BCUT2D eigenvalue weighted by Crippen LogP contribution is 2.33. The van der Waals surface area contributed by atoms with Gasteiger partial charge in [-0.25, -0.2) is 4.79 Å². The minimum Gasteiger partial charge on any atom is -0.486 e. The molecule has 0 aliphatic carbocycles. The van der Waals surface area contributed by atoms with E-state index in [9.17, 15) is 9.59 Å². The third-order valence-corrected chi connectivity index (χ3v) is 4.48. The van der Waals surface area contributed by atoms with E-state index in [4.69, 9.17) is 30.2 Å². The first-order chi connectivity index (χ1) is 13.5. The predicted octanol–water partition coefficient (Wildman–Crippen LogP) is 3.54. The first-order valence-electron chi connectivity index (χ1n) is 8.56. The Morgan fingerprint density at radius 2 is 1.93 bits per heavy atom. The van der Waals surface area contributed by atoms with E-state index in [1.807, 2.05) is 0 Å². The molecule has 7 nitrogen and oxygen atoms in total. The number of rotatable bonds is 4. The summed E-state index contributed by atoms with van der Waals surface area (Å²) in [7, 11) is 0. The molecule has 0 bridgehead atoms. The van der Waals surface area contributed by atoms with Crippen LogP contribution in [0.3, 0.4) is 0 Å². The second-order valence-corrected chi connectivity index (χ2v) is 6.63. The highest BCUT2D eigenvalue weighted by Gasteiger charge is 2.14. The second kappa shape index (κ2) is 7.44. The molecule has 3 aromatic rings. The summed E-state index contributed by atoms with van der Waals surface area (Å²) < 4.78 is 21.6. The molecule has 4 rings (SSSR count). The molecule has 28 heavy (non-hydrogen) atoms. The van der Waals surface area contributed by atoms with Crippen molar-refractivity contribution in [3.63, 3.8) is 0 Å². The summed E-state index contributed by atoms with van der Waals surface area (Å²) in [6.45, 7) is 2.48. The molecular formula is C20H16ClNO6. The number of anilines is 1. The molecule has 144 valence electrons. The first-order valence-corrected chi connectivity index (χ1v) is 8.94. The maximum absolute atomic E-state index is 12.2. The fourth-order valence-electron chi connectivity index (χ4n) is 2.89. The first kappa shape index (κ1) is 18.2. The van der Waals surface area contributed by atoms with E-state index in [0.29, 0.717) is 46.4 Å². The van der Waals surface area contributed by atoms with Crippen LogP contribution < -0.4 is 25.2 Å². The minimum atomic E-state index is -0.463. The van der Waals surface area contributed by atoms with Crippen molar-refractivity contribution in [2.45, 2.75) is 6.92 Å². The van der Waals surface area contributed by atoms with Gasteiger partial charge < -0.3 is 23.9 Å². The molecule has 1 N–H and O–H groups in total. The summed E-state index contributed by atoms with van der Waals surface area (Å²) in [4.78, 5) is 23.8. The quantitative estimate of drug-likeness (QED) is 0.673. The van der Waals surface area contributed by atoms with Crippen molar-refractivity contribution in [1.82, 2.24) is 0 Å². The lowest BCUT2D eigenvalue weighted by Gasteiger charge is -2.19. The maximum atomic E-state index is 12.2. The van der Waals surface area contributed by atoms with Gasteiger partial charge in [0.15, 0.2) is 18.1 Å². The van der Waals surface area contributed by atoms with E-state index in [0.717, 1.165) is 5.56 Å².